The average molecular weight is 1400 g/mol. The van der Waals surface area contributed by atoms with E-state index in [9.17, 15) is 43.2 Å². The molecule has 0 spiro atoms. The molecule has 0 rings (SSSR count). The summed E-state index contributed by atoms with van der Waals surface area (Å²) < 4.78 is 68.5. The molecule has 95 heavy (non-hydrogen) atoms. The third kappa shape index (κ3) is 69.0. The average Bonchev–Trinajstić information content (AvgIpc) is 2.49. The molecule has 0 aliphatic carbocycles. The molecule has 0 radical (unpaired) electrons. The number of carbonyl (C=O) groups is 4. The van der Waals surface area contributed by atoms with Gasteiger partial charge in [-0.15, -0.1) is 0 Å². The van der Waals surface area contributed by atoms with Crippen LogP contribution in [-0.2, 0) is 65.4 Å². The molecule has 0 bridgehead atoms. The van der Waals surface area contributed by atoms with Crippen LogP contribution in [0.4, 0.5) is 0 Å². The summed E-state index contributed by atoms with van der Waals surface area (Å²) in [5.41, 5.74) is 0. The van der Waals surface area contributed by atoms with Crippen LogP contribution in [0.25, 0.3) is 0 Å². The van der Waals surface area contributed by atoms with Gasteiger partial charge in [0, 0.05) is 25.7 Å². The molecule has 0 saturated carbocycles. The fourth-order valence-electron chi connectivity index (χ4n) is 11.6. The third-order valence-electron chi connectivity index (χ3n) is 18.1. The first kappa shape index (κ1) is 93.1. The molecule has 0 aliphatic heterocycles. The van der Waals surface area contributed by atoms with Crippen molar-refractivity contribution < 1.29 is 80.2 Å². The Morgan fingerprint density at radius 3 is 0.800 bits per heavy atom. The molecular formula is C76H148O17P2. The second-order valence-corrected chi connectivity index (χ2v) is 31.0. The summed E-state index contributed by atoms with van der Waals surface area (Å²) in [6.45, 7) is 9.61. The van der Waals surface area contributed by atoms with Gasteiger partial charge in [0.1, 0.15) is 19.3 Å². The molecule has 0 aromatic rings. The molecule has 0 aromatic carbocycles. The minimum atomic E-state index is -4.96. The number of hydrogen-bond donors (Lipinski definition) is 3. The first-order valence-corrected chi connectivity index (χ1v) is 42.5. The predicted octanol–water partition coefficient (Wildman–Crippen LogP) is 22.3. The second kappa shape index (κ2) is 67.9. The number of phosphoric ester groups is 2. The maximum Gasteiger partial charge on any atom is 0.472 e. The van der Waals surface area contributed by atoms with E-state index in [1.54, 1.807) is 0 Å². The summed E-state index contributed by atoms with van der Waals surface area (Å²) in [6, 6.07) is 0. The lowest BCUT2D eigenvalue weighted by Crippen LogP contribution is -2.30. The molecule has 0 heterocycles. The molecule has 0 aliphatic rings. The first-order chi connectivity index (χ1) is 45.9. The Kier molecular flexibility index (Phi) is 66.5. The predicted molar refractivity (Wildman–Crippen MR) is 386 cm³/mol. The van der Waals surface area contributed by atoms with Crippen molar-refractivity contribution in [3.05, 3.63) is 0 Å². The summed E-state index contributed by atoms with van der Waals surface area (Å²) in [6.07, 6.45) is 55.4. The van der Waals surface area contributed by atoms with Crippen LogP contribution in [0.1, 0.15) is 395 Å². The van der Waals surface area contributed by atoms with Crippen molar-refractivity contribution in [1.82, 2.24) is 0 Å². The monoisotopic (exact) mass is 1400 g/mol. The molecule has 17 nitrogen and oxygen atoms in total. The number of hydrogen-bond acceptors (Lipinski definition) is 15. The van der Waals surface area contributed by atoms with E-state index in [1.165, 1.54) is 212 Å². The molecule has 564 valence electrons. The molecule has 3 N–H and O–H groups in total. The lowest BCUT2D eigenvalue weighted by Gasteiger charge is -2.21. The van der Waals surface area contributed by atoms with Crippen molar-refractivity contribution in [2.24, 2.45) is 11.8 Å². The van der Waals surface area contributed by atoms with E-state index in [0.29, 0.717) is 25.7 Å². The topological polar surface area (TPSA) is 237 Å². The number of carbonyl (C=O) groups excluding carboxylic acids is 4. The van der Waals surface area contributed by atoms with Crippen molar-refractivity contribution in [2.45, 2.75) is 413 Å². The fraction of sp³-hybridized carbons (Fsp3) is 0.947. The Bertz CT molecular complexity index is 1840. The van der Waals surface area contributed by atoms with Crippen LogP contribution in [0.5, 0.6) is 0 Å². The summed E-state index contributed by atoms with van der Waals surface area (Å²) in [7, 11) is -9.91. The highest BCUT2D eigenvalue weighted by molar-refractivity contribution is 7.47. The van der Waals surface area contributed by atoms with Crippen LogP contribution >= 0.6 is 15.6 Å². The standard InChI is InChI=1S/C76H148O17P2/c1-7-10-12-14-16-18-20-21-22-23-24-27-31-35-42-48-54-60-75(80)92-71(64-87-74(79)59-53-47-41-34-30-28-25-26-29-32-38-44-50-56-68(4)5)66-90-94(82,83)88-62-70(77)63-89-95(84,85)91-67-72(65-86-73(78)58-52-46-40-33-19-17-15-13-11-8-2)93-76(81)61-55-49-43-37-36-39-45-51-57-69(6)9-3/h68-72,77H,7-67H2,1-6H3,(H,82,83)(H,84,85)/t69?,70-,71-,72-/m1/s1. The summed E-state index contributed by atoms with van der Waals surface area (Å²) in [4.78, 5) is 72.8. The Balaban J connectivity index is 5.24. The normalized spacial score (nSPS) is 14.3. The van der Waals surface area contributed by atoms with Gasteiger partial charge in [-0.25, -0.2) is 9.13 Å². The smallest absolute Gasteiger partial charge is 0.462 e. The molecular weight excluding hydrogens is 1250 g/mol. The van der Waals surface area contributed by atoms with Crippen LogP contribution in [0.3, 0.4) is 0 Å². The van der Waals surface area contributed by atoms with Crippen molar-refractivity contribution in [1.29, 1.82) is 0 Å². The van der Waals surface area contributed by atoms with Crippen molar-refractivity contribution >= 4 is 39.5 Å². The zero-order chi connectivity index (χ0) is 70.0. The van der Waals surface area contributed by atoms with E-state index in [1.807, 2.05) is 0 Å². The minimum absolute atomic E-state index is 0.105. The molecule has 0 fully saturated rings. The molecule has 3 unspecified atom stereocenters. The number of phosphoric acid groups is 2. The summed E-state index contributed by atoms with van der Waals surface area (Å²) >= 11 is 0. The van der Waals surface area contributed by atoms with Gasteiger partial charge in [0.25, 0.3) is 0 Å². The maximum absolute atomic E-state index is 13.1. The van der Waals surface area contributed by atoms with E-state index in [0.717, 1.165) is 102 Å². The Labute approximate surface area is 581 Å². The maximum atomic E-state index is 13.1. The van der Waals surface area contributed by atoms with Gasteiger partial charge in [-0.2, -0.15) is 0 Å². The highest BCUT2D eigenvalue weighted by Gasteiger charge is 2.30. The van der Waals surface area contributed by atoms with Gasteiger partial charge in [0.05, 0.1) is 26.4 Å². The highest BCUT2D eigenvalue weighted by atomic mass is 31.2. The van der Waals surface area contributed by atoms with E-state index < -0.39 is 97.5 Å². The zero-order valence-corrected chi connectivity index (χ0v) is 63.8. The Hall–Kier alpha value is -1.94. The van der Waals surface area contributed by atoms with Crippen molar-refractivity contribution in [3.63, 3.8) is 0 Å². The van der Waals surface area contributed by atoms with Crippen molar-refractivity contribution in [3.8, 4) is 0 Å². The van der Waals surface area contributed by atoms with E-state index in [2.05, 4.69) is 41.5 Å². The lowest BCUT2D eigenvalue weighted by molar-refractivity contribution is -0.161. The van der Waals surface area contributed by atoms with Gasteiger partial charge < -0.3 is 33.8 Å². The van der Waals surface area contributed by atoms with E-state index in [4.69, 9.17) is 37.0 Å². The number of unbranched alkanes of at least 4 members (excludes halogenated alkanes) is 44. The van der Waals surface area contributed by atoms with Crippen LogP contribution in [0, 0.1) is 11.8 Å². The highest BCUT2D eigenvalue weighted by Crippen LogP contribution is 2.45. The van der Waals surface area contributed by atoms with Gasteiger partial charge in [-0.1, -0.05) is 343 Å². The minimum Gasteiger partial charge on any atom is -0.462 e. The zero-order valence-electron chi connectivity index (χ0n) is 62.0. The Morgan fingerprint density at radius 1 is 0.305 bits per heavy atom. The molecule has 0 aromatic heterocycles. The quantitative estimate of drug-likeness (QED) is 0.0222. The lowest BCUT2D eigenvalue weighted by atomic mass is 9.99. The first-order valence-electron chi connectivity index (χ1n) is 39.5. The summed E-state index contributed by atoms with van der Waals surface area (Å²) in [5.74, 6) is -0.555. The van der Waals surface area contributed by atoms with Crippen LogP contribution in [0.15, 0.2) is 0 Å². The van der Waals surface area contributed by atoms with Crippen LogP contribution < -0.4 is 0 Å². The second-order valence-electron chi connectivity index (χ2n) is 28.1. The molecule has 6 atom stereocenters. The van der Waals surface area contributed by atoms with Gasteiger partial charge in [0.15, 0.2) is 12.2 Å². The number of aliphatic hydroxyl groups excluding tert-OH is 1. The van der Waals surface area contributed by atoms with Gasteiger partial charge in [-0.3, -0.25) is 37.3 Å². The van der Waals surface area contributed by atoms with Gasteiger partial charge >= 0.3 is 39.5 Å². The van der Waals surface area contributed by atoms with Crippen molar-refractivity contribution in [2.75, 3.05) is 39.6 Å². The number of rotatable bonds is 75. The summed E-state index contributed by atoms with van der Waals surface area (Å²) in [5, 5.41) is 10.6. The van der Waals surface area contributed by atoms with Crippen LogP contribution in [0.2, 0.25) is 0 Å². The Morgan fingerprint density at radius 2 is 0.537 bits per heavy atom. The third-order valence-corrected chi connectivity index (χ3v) is 20.0. The van der Waals surface area contributed by atoms with Crippen LogP contribution in [-0.4, -0.2) is 96.7 Å². The van der Waals surface area contributed by atoms with E-state index in [-0.39, 0.29) is 25.7 Å². The fourth-order valence-corrected chi connectivity index (χ4v) is 13.2. The molecule has 0 amide bonds. The van der Waals surface area contributed by atoms with Gasteiger partial charge in [-0.05, 0) is 37.5 Å². The number of ether oxygens (including phenoxy) is 4. The number of aliphatic hydroxyl groups is 1. The van der Waals surface area contributed by atoms with Gasteiger partial charge in [0.2, 0.25) is 0 Å². The largest absolute Gasteiger partial charge is 0.472 e. The SMILES string of the molecule is CCCCCCCCCCCCCCCCCCCC(=O)O[C@H](COC(=O)CCCCCCCCCCCCCCCC(C)C)COP(=O)(O)OC[C@@H](O)COP(=O)(O)OC[C@@H](COC(=O)CCCCCCCCCCCC)OC(=O)CCCCCCCCCCC(C)CC. The molecule has 19 heteroatoms. The van der Waals surface area contributed by atoms with E-state index >= 15 is 0 Å². The molecule has 0 saturated heterocycles. The number of esters is 4.